The first-order valence-corrected chi connectivity index (χ1v) is 6.59. The average molecular weight is 302 g/mol. The van der Waals surface area contributed by atoms with Crippen LogP contribution in [0.3, 0.4) is 0 Å². The van der Waals surface area contributed by atoms with Gasteiger partial charge in [-0.3, -0.25) is 5.10 Å². The fourth-order valence-electron chi connectivity index (χ4n) is 1.28. The van der Waals surface area contributed by atoms with E-state index in [-0.39, 0.29) is 15.6 Å². The molecule has 0 atom stereocenters. The van der Waals surface area contributed by atoms with Crippen molar-refractivity contribution in [1.82, 2.24) is 10.2 Å². The summed E-state index contributed by atoms with van der Waals surface area (Å²) in [6.45, 7) is 0. The highest BCUT2D eigenvalue weighted by Crippen LogP contribution is 2.29. The quantitative estimate of drug-likeness (QED) is 0.881. The Morgan fingerprint density at radius 3 is 2.50 bits per heavy atom. The molecule has 1 heterocycles. The van der Waals surface area contributed by atoms with Crippen molar-refractivity contribution in [2.75, 3.05) is 5.73 Å². The van der Waals surface area contributed by atoms with Gasteiger partial charge in [0.2, 0.25) is 9.84 Å². The van der Waals surface area contributed by atoms with Gasteiger partial charge in [-0.15, -0.1) is 0 Å². The van der Waals surface area contributed by atoms with E-state index >= 15 is 0 Å². The summed E-state index contributed by atoms with van der Waals surface area (Å²) in [6, 6.07) is 6.55. The highest BCUT2D eigenvalue weighted by molar-refractivity contribution is 9.10. The number of nitrogens with zero attached hydrogens (tertiary/aromatic N) is 1. The second-order valence-electron chi connectivity index (χ2n) is 3.08. The number of nitrogens with two attached hydrogens (primary N) is 1. The van der Waals surface area contributed by atoms with E-state index < -0.39 is 9.84 Å². The average Bonchev–Trinajstić information content (AvgIpc) is 2.65. The van der Waals surface area contributed by atoms with Crippen LogP contribution in [0.15, 0.2) is 44.7 Å². The molecule has 0 radical (unpaired) electrons. The van der Waals surface area contributed by atoms with Gasteiger partial charge in [0, 0.05) is 4.47 Å². The zero-order chi connectivity index (χ0) is 11.8. The zero-order valence-corrected chi connectivity index (χ0v) is 10.4. The van der Waals surface area contributed by atoms with Crippen molar-refractivity contribution in [2.24, 2.45) is 0 Å². The predicted octanol–water partition coefficient (Wildman–Crippen LogP) is 1.59. The van der Waals surface area contributed by atoms with Gasteiger partial charge >= 0.3 is 0 Å². The van der Waals surface area contributed by atoms with Crippen LogP contribution in [0.2, 0.25) is 0 Å². The Morgan fingerprint density at radius 1 is 1.25 bits per heavy atom. The van der Waals surface area contributed by atoms with E-state index in [0.717, 1.165) is 0 Å². The minimum Gasteiger partial charge on any atom is -0.383 e. The van der Waals surface area contributed by atoms with E-state index in [2.05, 4.69) is 26.1 Å². The molecule has 0 fully saturated rings. The van der Waals surface area contributed by atoms with Crippen LogP contribution in [-0.4, -0.2) is 18.6 Å². The van der Waals surface area contributed by atoms with Crippen LogP contribution in [-0.2, 0) is 9.84 Å². The van der Waals surface area contributed by atoms with Crippen molar-refractivity contribution in [1.29, 1.82) is 0 Å². The van der Waals surface area contributed by atoms with Crippen LogP contribution in [0.25, 0.3) is 0 Å². The second-order valence-corrected chi connectivity index (χ2v) is 5.82. The molecule has 0 aliphatic heterocycles. The molecule has 2 aromatic rings. The molecule has 1 aromatic carbocycles. The van der Waals surface area contributed by atoms with Gasteiger partial charge in [-0.05, 0) is 28.1 Å². The standard InChI is InChI=1S/C9H8BrN3O2S/c10-6-3-1-2-4-7(6)16(14,15)8-5-12-13-9(8)11/h1-5H,(H3,11,12,13). The summed E-state index contributed by atoms with van der Waals surface area (Å²) in [5.41, 5.74) is 5.50. The Bertz CT molecular complexity index is 621. The molecule has 5 nitrogen and oxygen atoms in total. The number of anilines is 1. The van der Waals surface area contributed by atoms with Crippen LogP contribution < -0.4 is 5.73 Å². The second kappa shape index (κ2) is 3.91. The lowest BCUT2D eigenvalue weighted by Crippen LogP contribution is -2.04. The van der Waals surface area contributed by atoms with Crippen LogP contribution in [0, 0.1) is 0 Å². The molecular weight excluding hydrogens is 294 g/mol. The van der Waals surface area contributed by atoms with Crippen LogP contribution >= 0.6 is 15.9 Å². The van der Waals surface area contributed by atoms with Gasteiger partial charge in [-0.2, -0.15) is 5.10 Å². The Labute approximate surface area is 101 Å². The fourth-order valence-corrected chi connectivity index (χ4v) is 3.55. The number of H-pyrrole nitrogens is 1. The highest BCUT2D eigenvalue weighted by atomic mass is 79.9. The molecule has 3 N–H and O–H groups in total. The molecule has 0 unspecified atom stereocenters. The molecule has 2 rings (SSSR count). The SMILES string of the molecule is Nc1[nH]ncc1S(=O)(=O)c1ccccc1Br. The van der Waals surface area contributed by atoms with Gasteiger partial charge in [0.15, 0.2) is 0 Å². The molecular formula is C9H8BrN3O2S. The molecule has 0 bridgehead atoms. The fraction of sp³-hybridized carbons (Fsp3) is 0. The number of hydrogen-bond acceptors (Lipinski definition) is 4. The topological polar surface area (TPSA) is 88.8 Å². The Balaban J connectivity index is 2.66. The van der Waals surface area contributed by atoms with Gasteiger partial charge in [0.05, 0.1) is 11.1 Å². The number of aromatic nitrogens is 2. The number of halogens is 1. The zero-order valence-electron chi connectivity index (χ0n) is 8.01. The van der Waals surface area contributed by atoms with E-state index in [1.165, 1.54) is 12.3 Å². The van der Waals surface area contributed by atoms with Gasteiger partial charge < -0.3 is 5.73 Å². The number of hydrogen-bond donors (Lipinski definition) is 2. The molecule has 0 saturated carbocycles. The first-order valence-electron chi connectivity index (χ1n) is 4.32. The first-order chi connectivity index (χ1) is 7.53. The lowest BCUT2D eigenvalue weighted by atomic mass is 10.4. The largest absolute Gasteiger partial charge is 0.383 e. The summed E-state index contributed by atoms with van der Waals surface area (Å²) >= 11 is 3.19. The van der Waals surface area contributed by atoms with E-state index in [1.807, 2.05) is 0 Å². The summed E-state index contributed by atoms with van der Waals surface area (Å²) in [5.74, 6) is 0.0377. The Morgan fingerprint density at radius 2 is 1.94 bits per heavy atom. The van der Waals surface area contributed by atoms with E-state index in [9.17, 15) is 8.42 Å². The van der Waals surface area contributed by atoms with Crippen molar-refractivity contribution >= 4 is 31.6 Å². The summed E-state index contributed by atoms with van der Waals surface area (Å²) in [7, 11) is -3.62. The maximum absolute atomic E-state index is 12.2. The molecule has 16 heavy (non-hydrogen) atoms. The first kappa shape index (κ1) is 11.2. The summed E-state index contributed by atoms with van der Waals surface area (Å²) in [4.78, 5) is 0.155. The minimum absolute atomic E-state index is 0.0144. The Hall–Kier alpha value is -1.34. The van der Waals surface area contributed by atoms with Gasteiger partial charge in [-0.25, -0.2) is 8.42 Å². The van der Waals surface area contributed by atoms with Gasteiger partial charge in [-0.1, -0.05) is 12.1 Å². The van der Waals surface area contributed by atoms with Crippen molar-refractivity contribution in [3.05, 3.63) is 34.9 Å². The van der Waals surface area contributed by atoms with Crippen molar-refractivity contribution in [3.8, 4) is 0 Å². The van der Waals surface area contributed by atoms with Crippen LogP contribution in [0.5, 0.6) is 0 Å². The van der Waals surface area contributed by atoms with E-state index in [0.29, 0.717) is 4.47 Å². The third-order valence-electron chi connectivity index (χ3n) is 2.05. The third-order valence-corrected chi connectivity index (χ3v) is 4.84. The molecule has 7 heteroatoms. The number of rotatable bonds is 2. The molecule has 1 aromatic heterocycles. The smallest absolute Gasteiger partial charge is 0.212 e. The Kier molecular flexibility index (Phi) is 2.73. The number of sulfone groups is 1. The monoisotopic (exact) mass is 301 g/mol. The summed E-state index contributed by atoms with van der Waals surface area (Å²) in [6.07, 6.45) is 1.20. The number of nitrogens with one attached hydrogen (secondary N) is 1. The lowest BCUT2D eigenvalue weighted by Gasteiger charge is -2.04. The maximum Gasteiger partial charge on any atom is 0.212 e. The molecule has 0 amide bonds. The molecule has 0 aliphatic carbocycles. The number of nitrogen functional groups attached to an aromatic ring is 1. The van der Waals surface area contributed by atoms with Crippen LogP contribution in [0.4, 0.5) is 5.82 Å². The minimum atomic E-state index is -3.62. The van der Waals surface area contributed by atoms with Gasteiger partial charge in [0.25, 0.3) is 0 Å². The molecule has 84 valence electrons. The van der Waals surface area contributed by atoms with E-state index in [4.69, 9.17) is 5.73 Å². The number of benzene rings is 1. The number of aromatic amines is 1. The maximum atomic E-state index is 12.2. The van der Waals surface area contributed by atoms with Crippen molar-refractivity contribution in [2.45, 2.75) is 9.79 Å². The van der Waals surface area contributed by atoms with Crippen molar-refractivity contribution in [3.63, 3.8) is 0 Å². The van der Waals surface area contributed by atoms with Crippen LogP contribution in [0.1, 0.15) is 0 Å². The third kappa shape index (κ3) is 1.72. The lowest BCUT2D eigenvalue weighted by molar-refractivity contribution is 0.596. The van der Waals surface area contributed by atoms with Crippen molar-refractivity contribution < 1.29 is 8.42 Å². The van der Waals surface area contributed by atoms with Gasteiger partial charge in [0.1, 0.15) is 10.7 Å². The predicted molar refractivity (Wildman–Crippen MR) is 62.6 cm³/mol. The molecule has 0 saturated heterocycles. The normalized spacial score (nSPS) is 11.6. The van der Waals surface area contributed by atoms with E-state index in [1.54, 1.807) is 18.2 Å². The highest BCUT2D eigenvalue weighted by Gasteiger charge is 2.23. The summed E-state index contributed by atoms with van der Waals surface area (Å²) in [5, 5.41) is 6.00. The summed E-state index contributed by atoms with van der Waals surface area (Å²) < 4.78 is 24.8. The molecule has 0 aliphatic rings. The molecule has 0 spiro atoms.